The number of fused-ring (bicyclic) bond motifs is 1. The molecule has 0 saturated heterocycles. The topological polar surface area (TPSA) is 78.3 Å². The van der Waals surface area contributed by atoms with Crippen LogP contribution in [-0.2, 0) is 22.1 Å². The number of carbonyl (C=O) groups is 1. The van der Waals surface area contributed by atoms with Gasteiger partial charge in [0.05, 0.1) is 22.3 Å². The summed E-state index contributed by atoms with van der Waals surface area (Å²) in [5, 5.41) is 0. The summed E-state index contributed by atoms with van der Waals surface area (Å²) in [5.41, 5.74) is 5.02. The highest BCUT2D eigenvalue weighted by molar-refractivity contribution is 7.89. The summed E-state index contributed by atoms with van der Waals surface area (Å²) in [6, 6.07) is 31.9. The van der Waals surface area contributed by atoms with Crippen LogP contribution in [0.15, 0.2) is 103 Å². The molecule has 7 heteroatoms. The number of hydrogen-bond donors (Lipinski definition) is 0. The minimum atomic E-state index is -3.14. The van der Waals surface area contributed by atoms with Crippen LogP contribution in [-0.4, -0.2) is 30.2 Å². The number of esters is 1. The molecule has 0 amide bonds. The third-order valence-electron chi connectivity index (χ3n) is 5.78. The molecule has 0 aliphatic rings. The molecule has 0 radical (unpaired) electrons. The number of rotatable bonds is 7. The molecule has 0 fully saturated rings. The standard InChI is InChI=1S/C29H24N2O4S/c1-36(33,34)20-22-11-13-24(14-12-22)29(32)35-25-17-15-23(16-18-25)28-30-26-9-5-6-10-27(26)31(28)19-21-7-3-2-4-8-21/h2-18H,19-20H2,1H3. The number of benzene rings is 4. The van der Waals surface area contributed by atoms with E-state index in [1.807, 2.05) is 48.5 Å². The highest BCUT2D eigenvalue weighted by atomic mass is 32.2. The van der Waals surface area contributed by atoms with Crippen LogP contribution in [0, 0.1) is 0 Å². The first-order valence-electron chi connectivity index (χ1n) is 11.4. The van der Waals surface area contributed by atoms with Crippen molar-refractivity contribution in [3.05, 3.63) is 120 Å². The van der Waals surface area contributed by atoms with Gasteiger partial charge in [0, 0.05) is 18.4 Å². The van der Waals surface area contributed by atoms with Gasteiger partial charge >= 0.3 is 5.97 Å². The van der Waals surface area contributed by atoms with Crippen molar-refractivity contribution in [2.75, 3.05) is 6.26 Å². The quantitative estimate of drug-likeness (QED) is 0.219. The van der Waals surface area contributed by atoms with E-state index in [9.17, 15) is 13.2 Å². The minimum absolute atomic E-state index is 0.0706. The predicted molar refractivity (Wildman–Crippen MR) is 141 cm³/mol. The summed E-state index contributed by atoms with van der Waals surface area (Å²) in [7, 11) is -3.14. The maximum Gasteiger partial charge on any atom is 0.343 e. The molecule has 1 heterocycles. The number of aromatic nitrogens is 2. The minimum Gasteiger partial charge on any atom is -0.423 e. The molecule has 1 aromatic heterocycles. The van der Waals surface area contributed by atoms with E-state index in [1.54, 1.807) is 36.4 Å². The Morgan fingerprint density at radius 2 is 1.47 bits per heavy atom. The van der Waals surface area contributed by atoms with Gasteiger partial charge in [0.2, 0.25) is 0 Å². The number of ether oxygens (including phenoxy) is 1. The molecule has 0 N–H and O–H groups in total. The lowest BCUT2D eigenvalue weighted by molar-refractivity contribution is 0.0734. The zero-order chi connectivity index (χ0) is 25.1. The average molecular weight is 497 g/mol. The molecule has 5 aromatic rings. The summed E-state index contributed by atoms with van der Waals surface area (Å²) in [5.74, 6) is 0.665. The second-order valence-corrected chi connectivity index (χ2v) is 10.8. The van der Waals surface area contributed by atoms with E-state index in [4.69, 9.17) is 9.72 Å². The van der Waals surface area contributed by atoms with Gasteiger partial charge in [-0.3, -0.25) is 0 Å². The van der Waals surface area contributed by atoms with Crippen LogP contribution in [0.1, 0.15) is 21.5 Å². The second kappa shape index (κ2) is 9.79. The van der Waals surface area contributed by atoms with E-state index in [0.717, 1.165) is 22.4 Å². The smallest absolute Gasteiger partial charge is 0.343 e. The largest absolute Gasteiger partial charge is 0.423 e. The monoisotopic (exact) mass is 496 g/mol. The van der Waals surface area contributed by atoms with Crippen LogP contribution < -0.4 is 4.74 Å². The Labute approximate surface area is 209 Å². The van der Waals surface area contributed by atoms with Gasteiger partial charge in [-0.25, -0.2) is 18.2 Å². The van der Waals surface area contributed by atoms with Gasteiger partial charge in [-0.2, -0.15) is 0 Å². The Kier molecular flexibility index (Phi) is 6.40. The Bertz CT molecular complexity index is 1620. The predicted octanol–water partition coefficient (Wildman–Crippen LogP) is 5.52. The van der Waals surface area contributed by atoms with Crippen molar-refractivity contribution in [2.45, 2.75) is 12.3 Å². The highest BCUT2D eigenvalue weighted by Crippen LogP contribution is 2.27. The van der Waals surface area contributed by atoms with Crippen LogP contribution in [0.25, 0.3) is 22.4 Å². The normalized spacial score (nSPS) is 11.5. The molecular weight excluding hydrogens is 472 g/mol. The summed E-state index contributed by atoms with van der Waals surface area (Å²) >= 11 is 0. The van der Waals surface area contributed by atoms with Crippen molar-refractivity contribution in [1.82, 2.24) is 9.55 Å². The lowest BCUT2D eigenvalue weighted by atomic mass is 10.1. The molecule has 0 aliphatic heterocycles. The van der Waals surface area contributed by atoms with Crippen LogP contribution in [0.2, 0.25) is 0 Å². The van der Waals surface area contributed by atoms with Crippen LogP contribution in [0.5, 0.6) is 5.75 Å². The molecule has 6 nitrogen and oxygen atoms in total. The number of para-hydroxylation sites is 2. The van der Waals surface area contributed by atoms with E-state index in [0.29, 0.717) is 23.4 Å². The summed E-state index contributed by atoms with van der Waals surface area (Å²) in [6.07, 6.45) is 1.18. The van der Waals surface area contributed by atoms with Crippen molar-refractivity contribution in [3.8, 4) is 17.1 Å². The fourth-order valence-corrected chi connectivity index (χ4v) is 4.90. The third-order valence-corrected chi connectivity index (χ3v) is 6.64. The molecular formula is C29H24N2O4S. The number of nitrogens with zero attached hydrogens (tertiary/aromatic N) is 2. The zero-order valence-corrected chi connectivity index (χ0v) is 20.5. The van der Waals surface area contributed by atoms with E-state index >= 15 is 0 Å². The third kappa shape index (κ3) is 5.37. The molecule has 5 rings (SSSR count). The molecule has 0 spiro atoms. The summed E-state index contributed by atoms with van der Waals surface area (Å²) in [6.45, 7) is 0.683. The lowest BCUT2D eigenvalue weighted by Gasteiger charge is -2.10. The number of carbonyl (C=O) groups excluding carboxylic acids is 1. The van der Waals surface area contributed by atoms with Crippen LogP contribution >= 0.6 is 0 Å². The Balaban J connectivity index is 1.37. The van der Waals surface area contributed by atoms with Crippen molar-refractivity contribution in [3.63, 3.8) is 0 Å². The summed E-state index contributed by atoms with van der Waals surface area (Å²) in [4.78, 5) is 17.4. The number of hydrogen-bond acceptors (Lipinski definition) is 5. The Morgan fingerprint density at radius 3 is 2.17 bits per heavy atom. The maximum atomic E-state index is 12.6. The lowest BCUT2D eigenvalue weighted by Crippen LogP contribution is -2.09. The first-order chi connectivity index (χ1) is 17.4. The van der Waals surface area contributed by atoms with Gasteiger partial charge in [0.1, 0.15) is 11.6 Å². The molecule has 0 saturated carbocycles. The van der Waals surface area contributed by atoms with Crippen molar-refractivity contribution >= 4 is 26.8 Å². The van der Waals surface area contributed by atoms with E-state index < -0.39 is 15.8 Å². The van der Waals surface area contributed by atoms with Gasteiger partial charge in [-0.15, -0.1) is 0 Å². The molecule has 0 atom stereocenters. The highest BCUT2D eigenvalue weighted by Gasteiger charge is 2.14. The van der Waals surface area contributed by atoms with Crippen LogP contribution in [0.3, 0.4) is 0 Å². The SMILES string of the molecule is CS(=O)(=O)Cc1ccc(C(=O)Oc2ccc(-c3nc4ccccc4n3Cc3ccccc3)cc2)cc1. The fourth-order valence-electron chi connectivity index (χ4n) is 4.10. The molecule has 0 bridgehead atoms. The van der Waals surface area contributed by atoms with Gasteiger partial charge in [-0.1, -0.05) is 54.6 Å². The first kappa shape index (κ1) is 23.5. The molecule has 4 aromatic carbocycles. The van der Waals surface area contributed by atoms with Crippen LogP contribution in [0.4, 0.5) is 0 Å². The molecule has 0 unspecified atom stereocenters. The van der Waals surface area contributed by atoms with Gasteiger partial charge in [0.15, 0.2) is 9.84 Å². The first-order valence-corrected chi connectivity index (χ1v) is 13.5. The number of sulfone groups is 1. The fraction of sp³-hybridized carbons (Fsp3) is 0.103. The Hall–Kier alpha value is -4.23. The van der Waals surface area contributed by atoms with E-state index in [2.05, 4.69) is 22.8 Å². The molecule has 180 valence electrons. The zero-order valence-electron chi connectivity index (χ0n) is 19.7. The Morgan fingerprint density at radius 1 is 0.806 bits per heavy atom. The van der Waals surface area contributed by atoms with Gasteiger partial charge in [-0.05, 0) is 59.7 Å². The summed E-state index contributed by atoms with van der Waals surface area (Å²) < 4.78 is 30.6. The molecule has 0 aliphatic carbocycles. The van der Waals surface area contributed by atoms with Crippen molar-refractivity contribution in [1.29, 1.82) is 0 Å². The average Bonchev–Trinajstić information content (AvgIpc) is 3.23. The number of imidazole rings is 1. The van der Waals surface area contributed by atoms with E-state index in [1.165, 1.54) is 11.8 Å². The maximum absolute atomic E-state index is 12.6. The van der Waals surface area contributed by atoms with Gasteiger partial charge < -0.3 is 9.30 Å². The van der Waals surface area contributed by atoms with Gasteiger partial charge in [0.25, 0.3) is 0 Å². The second-order valence-electron chi connectivity index (χ2n) is 8.68. The van der Waals surface area contributed by atoms with Crippen molar-refractivity contribution in [2.24, 2.45) is 0 Å². The molecule has 36 heavy (non-hydrogen) atoms. The van der Waals surface area contributed by atoms with Crippen molar-refractivity contribution < 1.29 is 17.9 Å². The van der Waals surface area contributed by atoms with E-state index in [-0.39, 0.29) is 5.75 Å².